The number of aryl methyl sites for hydroxylation is 1. The van der Waals surface area contributed by atoms with Crippen LogP contribution in [0, 0.1) is 12.7 Å². The van der Waals surface area contributed by atoms with E-state index in [1.165, 1.54) is 23.5 Å². The van der Waals surface area contributed by atoms with Crippen LogP contribution in [0.3, 0.4) is 0 Å². The van der Waals surface area contributed by atoms with Gasteiger partial charge in [-0.3, -0.25) is 14.5 Å². The Hall–Kier alpha value is -2.32. The molecular weight excluding hydrogens is 379 g/mol. The molecule has 0 spiro atoms. The second kappa shape index (κ2) is 9.25. The van der Waals surface area contributed by atoms with Crippen LogP contribution in [0.5, 0.6) is 0 Å². The fraction of sp³-hybridized carbons (Fsp3) is 0.450. The first-order valence-corrected chi connectivity index (χ1v) is 10.3. The molecule has 2 N–H and O–H groups in total. The van der Waals surface area contributed by atoms with E-state index in [1.807, 2.05) is 13.8 Å². The van der Waals surface area contributed by atoms with Crippen molar-refractivity contribution >= 4 is 23.2 Å². The van der Waals surface area contributed by atoms with E-state index in [1.54, 1.807) is 17.6 Å². The zero-order valence-electron chi connectivity index (χ0n) is 16.1. The van der Waals surface area contributed by atoms with E-state index in [4.69, 9.17) is 0 Å². The summed E-state index contributed by atoms with van der Waals surface area (Å²) in [5.41, 5.74) is 3.30. The number of halogens is 1. The van der Waals surface area contributed by atoms with Gasteiger partial charge in [-0.2, -0.15) is 0 Å². The molecule has 1 aliphatic heterocycles. The van der Waals surface area contributed by atoms with E-state index < -0.39 is 0 Å². The van der Waals surface area contributed by atoms with Crippen LogP contribution in [0.1, 0.15) is 40.7 Å². The van der Waals surface area contributed by atoms with Crippen LogP contribution in [0.15, 0.2) is 29.8 Å². The molecule has 3 rings (SSSR count). The minimum absolute atomic E-state index is 0.0490. The smallest absolute Gasteiger partial charge is 0.263 e. The summed E-state index contributed by atoms with van der Waals surface area (Å²) in [5, 5.41) is 5.98. The Balaban J connectivity index is 1.43. The quantitative estimate of drug-likeness (QED) is 0.776. The number of hydrogen-bond acceptors (Lipinski definition) is 5. The van der Waals surface area contributed by atoms with Gasteiger partial charge in [0.1, 0.15) is 10.7 Å². The van der Waals surface area contributed by atoms with Crippen molar-refractivity contribution in [3.05, 3.63) is 51.7 Å². The van der Waals surface area contributed by atoms with Crippen LogP contribution in [-0.4, -0.2) is 46.9 Å². The number of amides is 2. The van der Waals surface area contributed by atoms with Gasteiger partial charge in [0.15, 0.2) is 0 Å². The maximum Gasteiger partial charge on any atom is 0.263 e. The molecule has 0 aliphatic carbocycles. The predicted molar refractivity (Wildman–Crippen MR) is 107 cm³/mol. The van der Waals surface area contributed by atoms with E-state index >= 15 is 0 Å². The van der Waals surface area contributed by atoms with Gasteiger partial charge in [-0.25, -0.2) is 9.37 Å². The molecule has 8 heteroatoms. The Labute approximate surface area is 168 Å². The fourth-order valence-electron chi connectivity index (χ4n) is 3.31. The second-order valence-electron chi connectivity index (χ2n) is 7.07. The first-order chi connectivity index (χ1) is 13.4. The average molecular weight is 405 g/mol. The number of likely N-dealkylation sites (tertiary alicyclic amines) is 1. The lowest BCUT2D eigenvalue weighted by Crippen LogP contribution is -2.51. The minimum Gasteiger partial charge on any atom is -0.351 e. The lowest BCUT2D eigenvalue weighted by Gasteiger charge is -2.35. The molecule has 2 heterocycles. The molecule has 0 saturated carbocycles. The van der Waals surface area contributed by atoms with E-state index in [0.717, 1.165) is 37.2 Å². The molecule has 2 aromatic rings. The van der Waals surface area contributed by atoms with Crippen LogP contribution in [0.4, 0.5) is 4.39 Å². The number of piperidine rings is 1. The molecule has 28 heavy (non-hydrogen) atoms. The maximum absolute atomic E-state index is 12.9. The topological polar surface area (TPSA) is 74.3 Å². The first kappa shape index (κ1) is 20.4. The Morgan fingerprint density at radius 1 is 1.29 bits per heavy atom. The van der Waals surface area contributed by atoms with Crippen LogP contribution in [0.2, 0.25) is 0 Å². The van der Waals surface area contributed by atoms with Crippen LogP contribution in [-0.2, 0) is 11.3 Å². The SMILES string of the molecule is Cc1ncsc1C(=O)NC1CCN(C(C)C(=O)NCc2ccc(F)cc2)CC1. The normalized spacial score (nSPS) is 16.5. The summed E-state index contributed by atoms with van der Waals surface area (Å²) in [4.78, 5) is 31.7. The lowest BCUT2D eigenvalue weighted by molar-refractivity contribution is -0.126. The highest BCUT2D eigenvalue weighted by Crippen LogP contribution is 2.16. The second-order valence-corrected chi connectivity index (χ2v) is 7.93. The number of aromatic nitrogens is 1. The highest BCUT2D eigenvalue weighted by molar-refractivity contribution is 7.11. The fourth-order valence-corrected chi connectivity index (χ4v) is 4.01. The average Bonchev–Trinajstić information content (AvgIpc) is 3.13. The zero-order valence-corrected chi connectivity index (χ0v) is 16.9. The minimum atomic E-state index is -0.288. The largest absolute Gasteiger partial charge is 0.351 e. The Bertz CT molecular complexity index is 816. The number of nitrogens with zero attached hydrogens (tertiary/aromatic N) is 2. The Morgan fingerprint density at radius 2 is 1.96 bits per heavy atom. The van der Waals surface area contributed by atoms with Crippen molar-refractivity contribution in [1.82, 2.24) is 20.5 Å². The number of carbonyl (C=O) groups is 2. The summed E-state index contributed by atoms with van der Waals surface area (Å²) in [6, 6.07) is 5.97. The molecule has 150 valence electrons. The summed E-state index contributed by atoms with van der Waals surface area (Å²) in [5.74, 6) is -0.403. The molecule has 1 atom stereocenters. The van der Waals surface area contributed by atoms with Crippen LogP contribution < -0.4 is 10.6 Å². The molecule has 0 radical (unpaired) electrons. The third-order valence-electron chi connectivity index (χ3n) is 5.12. The Morgan fingerprint density at radius 3 is 2.57 bits per heavy atom. The highest BCUT2D eigenvalue weighted by atomic mass is 32.1. The van der Waals surface area contributed by atoms with Gasteiger partial charge in [0.25, 0.3) is 5.91 Å². The summed E-state index contributed by atoms with van der Waals surface area (Å²) < 4.78 is 12.9. The number of carbonyl (C=O) groups excluding carboxylic acids is 2. The highest BCUT2D eigenvalue weighted by Gasteiger charge is 2.27. The van der Waals surface area contributed by atoms with Crippen molar-refractivity contribution in [2.45, 2.75) is 45.3 Å². The number of benzene rings is 1. The van der Waals surface area contributed by atoms with Crippen molar-refractivity contribution in [3.8, 4) is 0 Å². The van der Waals surface area contributed by atoms with Crippen molar-refractivity contribution in [1.29, 1.82) is 0 Å². The number of thiazole rings is 1. The molecule has 1 aromatic heterocycles. The van der Waals surface area contributed by atoms with Gasteiger partial charge in [0.2, 0.25) is 5.91 Å². The maximum atomic E-state index is 12.9. The zero-order chi connectivity index (χ0) is 20.1. The molecule has 0 bridgehead atoms. The number of rotatable bonds is 6. The lowest BCUT2D eigenvalue weighted by atomic mass is 10.0. The molecule has 1 aliphatic rings. The number of hydrogen-bond donors (Lipinski definition) is 2. The Kier molecular flexibility index (Phi) is 6.74. The molecular formula is C20H25FN4O2S. The van der Waals surface area contributed by atoms with E-state index in [-0.39, 0.29) is 29.7 Å². The van der Waals surface area contributed by atoms with E-state index in [0.29, 0.717) is 11.4 Å². The van der Waals surface area contributed by atoms with Gasteiger partial charge in [-0.15, -0.1) is 11.3 Å². The third-order valence-corrected chi connectivity index (χ3v) is 6.05. The van der Waals surface area contributed by atoms with Crippen molar-refractivity contribution < 1.29 is 14.0 Å². The monoisotopic (exact) mass is 404 g/mol. The molecule has 1 saturated heterocycles. The van der Waals surface area contributed by atoms with E-state index in [9.17, 15) is 14.0 Å². The van der Waals surface area contributed by atoms with Crippen LogP contribution in [0.25, 0.3) is 0 Å². The van der Waals surface area contributed by atoms with Gasteiger partial charge in [0.05, 0.1) is 17.2 Å². The molecule has 1 unspecified atom stereocenters. The molecule has 2 amide bonds. The first-order valence-electron chi connectivity index (χ1n) is 9.41. The van der Waals surface area contributed by atoms with Crippen LogP contribution >= 0.6 is 11.3 Å². The van der Waals surface area contributed by atoms with Gasteiger partial charge < -0.3 is 10.6 Å². The molecule has 1 aromatic carbocycles. The van der Waals surface area contributed by atoms with Crippen molar-refractivity contribution in [2.24, 2.45) is 0 Å². The standard InChI is InChI=1S/C20H25FN4O2S/c1-13-18(28-12-23-13)20(27)24-17-7-9-25(10-8-17)14(2)19(26)22-11-15-3-5-16(21)6-4-15/h3-6,12,14,17H,7-11H2,1-2H3,(H,22,26)(H,24,27). The van der Waals surface area contributed by atoms with Gasteiger partial charge in [-0.1, -0.05) is 12.1 Å². The van der Waals surface area contributed by atoms with Gasteiger partial charge >= 0.3 is 0 Å². The molecule has 1 fully saturated rings. The van der Waals surface area contributed by atoms with E-state index in [2.05, 4.69) is 20.5 Å². The predicted octanol–water partition coefficient (Wildman–Crippen LogP) is 2.49. The van der Waals surface area contributed by atoms with Gasteiger partial charge in [-0.05, 0) is 44.4 Å². The van der Waals surface area contributed by atoms with Crippen molar-refractivity contribution in [3.63, 3.8) is 0 Å². The summed E-state index contributed by atoms with van der Waals surface area (Å²) >= 11 is 1.35. The third kappa shape index (κ3) is 5.14. The van der Waals surface area contributed by atoms with Gasteiger partial charge in [0, 0.05) is 25.7 Å². The molecule has 6 nitrogen and oxygen atoms in total. The number of nitrogens with one attached hydrogen (secondary N) is 2. The summed E-state index contributed by atoms with van der Waals surface area (Å²) in [6.45, 7) is 5.60. The summed E-state index contributed by atoms with van der Waals surface area (Å²) in [7, 11) is 0. The summed E-state index contributed by atoms with van der Waals surface area (Å²) in [6.07, 6.45) is 1.61. The van der Waals surface area contributed by atoms with Crippen molar-refractivity contribution in [2.75, 3.05) is 13.1 Å².